The van der Waals surface area contributed by atoms with Crippen LogP contribution in [-0.2, 0) is 21.5 Å². The molecule has 1 aromatic rings. The lowest BCUT2D eigenvalue weighted by Gasteiger charge is -2.21. The van der Waals surface area contributed by atoms with Crippen molar-refractivity contribution < 1.29 is 22.8 Å². The van der Waals surface area contributed by atoms with E-state index < -0.39 is 16.2 Å². The minimum absolute atomic E-state index is 0.0884. The van der Waals surface area contributed by atoms with Crippen molar-refractivity contribution in [2.24, 2.45) is 11.1 Å². The van der Waals surface area contributed by atoms with Crippen molar-refractivity contribution >= 4 is 16.2 Å². The molecular weight excluding hydrogens is 348 g/mol. The van der Waals surface area contributed by atoms with Crippen LogP contribution in [0.4, 0.5) is 0 Å². The zero-order valence-corrected chi connectivity index (χ0v) is 15.0. The van der Waals surface area contributed by atoms with Gasteiger partial charge in [0.05, 0.1) is 13.0 Å². The van der Waals surface area contributed by atoms with Gasteiger partial charge < -0.3 is 9.63 Å². The number of nitrogens with zero attached hydrogens (tertiary/aromatic N) is 2. The molecule has 1 aromatic heterocycles. The quantitative estimate of drug-likeness (QED) is 0.564. The Labute approximate surface area is 147 Å². The Morgan fingerprint density at radius 2 is 2.08 bits per heavy atom. The van der Waals surface area contributed by atoms with Crippen LogP contribution in [0.15, 0.2) is 4.52 Å². The molecule has 0 bridgehead atoms. The largest absolute Gasteiger partial charge is 0.481 e. The molecule has 1 unspecified atom stereocenters. The maximum Gasteiger partial charge on any atom is 0.304 e. The number of hydrogen-bond donors (Lipinski definition) is 3. The van der Waals surface area contributed by atoms with Crippen molar-refractivity contribution in [3.05, 3.63) is 11.7 Å². The third kappa shape index (κ3) is 7.49. The number of nitrogens with one attached hydrogen (secondary N) is 1. The van der Waals surface area contributed by atoms with E-state index in [9.17, 15) is 13.2 Å². The van der Waals surface area contributed by atoms with Crippen LogP contribution >= 0.6 is 0 Å². The van der Waals surface area contributed by atoms with Gasteiger partial charge >= 0.3 is 5.97 Å². The van der Waals surface area contributed by atoms with Crippen LogP contribution in [0, 0.1) is 5.92 Å². The Kier molecular flexibility index (Phi) is 7.33. The first-order chi connectivity index (χ1) is 11.8. The molecule has 142 valence electrons. The van der Waals surface area contributed by atoms with E-state index in [0.717, 1.165) is 18.8 Å². The summed E-state index contributed by atoms with van der Waals surface area (Å²) in [4.78, 5) is 15.2. The molecule has 1 saturated carbocycles. The van der Waals surface area contributed by atoms with E-state index in [1.807, 2.05) is 0 Å². The van der Waals surface area contributed by atoms with Crippen molar-refractivity contribution in [3.8, 4) is 0 Å². The first-order valence-electron chi connectivity index (χ1n) is 8.65. The standard InChI is InChI=1S/C15H26N4O5S/c16-25(22,23)17-10-13-18-15(24-19-13)12(9-14(20)21)8-4-7-11-5-2-1-3-6-11/h11-12,17H,1-10H2,(H,20,21)(H2,16,22,23). The second-order valence-electron chi connectivity index (χ2n) is 6.64. The zero-order valence-electron chi connectivity index (χ0n) is 14.2. The maximum absolute atomic E-state index is 11.1. The average molecular weight is 374 g/mol. The predicted molar refractivity (Wildman–Crippen MR) is 89.7 cm³/mol. The van der Waals surface area contributed by atoms with Crippen LogP contribution in [0.25, 0.3) is 0 Å². The van der Waals surface area contributed by atoms with Gasteiger partial charge in [-0.1, -0.05) is 50.1 Å². The number of carboxylic acids is 1. The topological polar surface area (TPSA) is 148 Å². The lowest BCUT2D eigenvalue weighted by Crippen LogP contribution is -2.30. The molecule has 1 aliphatic rings. The Morgan fingerprint density at radius 1 is 1.36 bits per heavy atom. The Balaban J connectivity index is 1.89. The molecule has 1 atom stereocenters. The first kappa shape index (κ1) is 19.8. The Bertz CT molecular complexity index is 655. The maximum atomic E-state index is 11.1. The SMILES string of the molecule is NS(=O)(=O)NCc1noc(C(CCCC2CCCCC2)CC(=O)O)n1. The van der Waals surface area contributed by atoms with Crippen LogP contribution in [0.2, 0.25) is 0 Å². The predicted octanol–water partition coefficient (Wildman–Crippen LogP) is 1.67. The smallest absolute Gasteiger partial charge is 0.304 e. The fourth-order valence-electron chi connectivity index (χ4n) is 3.32. The molecule has 2 rings (SSSR count). The van der Waals surface area contributed by atoms with Crippen LogP contribution in [-0.4, -0.2) is 29.6 Å². The van der Waals surface area contributed by atoms with Crippen molar-refractivity contribution in [2.45, 2.75) is 70.3 Å². The van der Waals surface area contributed by atoms with Gasteiger partial charge in [0.25, 0.3) is 10.2 Å². The van der Waals surface area contributed by atoms with Crippen molar-refractivity contribution in [2.75, 3.05) is 0 Å². The van der Waals surface area contributed by atoms with E-state index >= 15 is 0 Å². The normalized spacial score (nSPS) is 17.5. The molecule has 1 fully saturated rings. The third-order valence-corrected chi connectivity index (χ3v) is 5.12. The fraction of sp³-hybridized carbons (Fsp3) is 0.800. The molecule has 0 saturated heterocycles. The van der Waals surface area contributed by atoms with Gasteiger partial charge in [-0.25, -0.2) is 5.14 Å². The van der Waals surface area contributed by atoms with E-state index in [1.54, 1.807) is 0 Å². The highest BCUT2D eigenvalue weighted by atomic mass is 32.2. The molecule has 9 nitrogen and oxygen atoms in total. The fourth-order valence-corrected chi connectivity index (χ4v) is 3.65. The monoisotopic (exact) mass is 374 g/mol. The number of aromatic nitrogens is 2. The van der Waals surface area contributed by atoms with Crippen LogP contribution in [0.5, 0.6) is 0 Å². The second-order valence-corrected chi connectivity index (χ2v) is 8.02. The highest BCUT2D eigenvalue weighted by Crippen LogP contribution is 2.31. The van der Waals surface area contributed by atoms with Crippen LogP contribution < -0.4 is 9.86 Å². The molecule has 1 aliphatic carbocycles. The van der Waals surface area contributed by atoms with E-state index in [0.29, 0.717) is 6.42 Å². The van der Waals surface area contributed by atoms with E-state index in [4.69, 9.17) is 14.8 Å². The summed E-state index contributed by atoms with van der Waals surface area (Å²) in [5, 5.41) is 17.6. The lowest BCUT2D eigenvalue weighted by atomic mass is 9.84. The summed E-state index contributed by atoms with van der Waals surface area (Å²) in [6, 6.07) is 0. The second kappa shape index (κ2) is 9.25. The van der Waals surface area contributed by atoms with E-state index in [-0.39, 0.29) is 30.6 Å². The number of carboxylic acid groups (broad SMARTS) is 1. The van der Waals surface area contributed by atoms with Gasteiger partial charge in [0.1, 0.15) is 0 Å². The first-order valence-corrected chi connectivity index (χ1v) is 10.2. The average Bonchev–Trinajstić information content (AvgIpc) is 3.01. The highest BCUT2D eigenvalue weighted by Gasteiger charge is 2.23. The summed E-state index contributed by atoms with van der Waals surface area (Å²) in [5.74, 6) is -0.192. The van der Waals surface area contributed by atoms with Crippen LogP contribution in [0.1, 0.15) is 75.4 Å². The molecule has 1 heterocycles. The minimum Gasteiger partial charge on any atom is -0.481 e. The summed E-state index contributed by atoms with van der Waals surface area (Å²) in [6.07, 6.45) is 8.97. The number of aliphatic carboxylic acids is 1. The van der Waals surface area contributed by atoms with E-state index in [1.165, 1.54) is 32.1 Å². The van der Waals surface area contributed by atoms with Gasteiger partial charge in [-0.15, -0.1) is 0 Å². The molecular formula is C15H26N4O5S. The van der Waals surface area contributed by atoms with Crippen LogP contribution in [0.3, 0.4) is 0 Å². The molecule has 10 heteroatoms. The van der Waals surface area contributed by atoms with Gasteiger partial charge in [0.15, 0.2) is 5.82 Å². The van der Waals surface area contributed by atoms with Gasteiger partial charge in [0, 0.05) is 5.92 Å². The molecule has 25 heavy (non-hydrogen) atoms. The van der Waals surface area contributed by atoms with Gasteiger partial charge in [-0.2, -0.15) is 18.1 Å². The number of rotatable bonds is 10. The number of nitrogens with two attached hydrogens (primary N) is 1. The van der Waals surface area contributed by atoms with E-state index in [2.05, 4.69) is 14.9 Å². The molecule has 0 aromatic carbocycles. The molecule has 4 N–H and O–H groups in total. The molecule has 0 amide bonds. The minimum atomic E-state index is -3.84. The van der Waals surface area contributed by atoms with Crippen molar-refractivity contribution in [1.82, 2.24) is 14.9 Å². The highest BCUT2D eigenvalue weighted by molar-refractivity contribution is 7.87. The lowest BCUT2D eigenvalue weighted by molar-refractivity contribution is -0.137. The number of carbonyl (C=O) groups is 1. The zero-order chi connectivity index (χ0) is 18.3. The Morgan fingerprint density at radius 3 is 2.72 bits per heavy atom. The van der Waals surface area contributed by atoms with Gasteiger partial charge in [-0.3, -0.25) is 4.79 Å². The van der Waals surface area contributed by atoms with Crippen molar-refractivity contribution in [1.29, 1.82) is 0 Å². The molecule has 0 spiro atoms. The summed E-state index contributed by atoms with van der Waals surface area (Å²) < 4.78 is 29.0. The molecule has 0 aliphatic heterocycles. The van der Waals surface area contributed by atoms with Gasteiger partial charge in [0.2, 0.25) is 5.89 Å². The third-order valence-electron chi connectivity index (χ3n) is 4.58. The summed E-state index contributed by atoms with van der Waals surface area (Å²) in [7, 11) is -3.84. The number of hydrogen-bond acceptors (Lipinski definition) is 6. The molecule has 0 radical (unpaired) electrons. The Hall–Kier alpha value is -1.52. The summed E-state index contributed by atoms with van der Waals surface area (Å²) >= 11 is 0. The summed E-state index contributed by atoms with van der Waals surface area (Å²) in [6.45, 7) is -0.190. The van der Waals surface area contributed by atoms with Crippen molar-refractivity contribution in [3.63, 3.8) is 0 Å². The summed E-state index contributed by atoms with van der Waals surface area (Å²) in [5.41, 5.74) is 0. The van der Waals surface area contributed by atoms with Gasteiger partial charge in [-0.05, 0) is 12.3 Å².